The van der Waals surface area contributed by atoms with Crippen LogP contribution < -0.4 is 5.32 Å². The van der Waals surface area contributed by atoms with E-state index in [1.807, 2.05) is 0 Å². The van der Waals surface area contributed by atoms with E-state index < -0.39 is 0 Å². The second kappa shape index (κ2) is 11.3. The van der Waals surface area contributed by atoms with Crippen molar-refractivity contribution in [2.75, 3.05) is 52.4 Å². The Bertz CT molecular complexity index is 565. The third kappa shape index (κ3) is 5.87. The van der Waals surface area contributed by atoms with Crippen LogP contribution in [-0.2, 0) is 0 Å². The number of allylic oxidation sites excluding steroid dienone is 1. The lowest BCUT2D eigenvalue weighted by Crippen LogP contribution is -2.48. The molecule has 3 saturated heterocycles. The van der Waals surface area contributed by atoms with Gasteiger partial charge in [-0.2, -0.15) is 0 Å². The number of likely N-dealkylation sites (tertiary alicyclic amines) is 3. The highest BCUT2D eigenvalue weighted by Gasteiger charge is 2.27. The molecule has 6 nitrogen and oxygen atoms in total. The second-order valence-corrected chi connectivity index (χ2v) is 8.42. The van der Waals surface area contributed by atoms with Crippen molar-refractivity contribution in [3.8, 4) is 6.07 Å². The summed E-state index contributed by atoms with van der Waals surface area (Å²) in [4.78, 5) is 11.0. The number of nitriles is 1. The largest absolute Gasteiger partial charge is 0.380 e. The molecule has 0 radical (unpaired) electrons. The van der Waals surface area contributed by atoms with Gasteiger partial charge in [0.1, 0.15) is 5.82 Å². The van der Waals surface area contributed by atoms with E-state index in [0.29, 0.717) is 6.04 Å². The maximum absolute atomic E-state index is 9.44. The average Bonchev–Trinajstić information content (AvgIpc) is 2.77. The molecule has 0 saturated carbocycles. The third-order valence-corrected chi connectivity index (χ3v) is 6.52. The van der Waals surface area contributed by atoms with Crippen molar-refractivity contribution < 1.29 is 0 Å². The van der Waals surface area contributed by atoms with Gasteiger partial charge < -0.3 is 20.0 Å². The molecule has 3 fully saturated rings. The third-order valence-electron chi connectivity index (χ3n) is 6.52. The SMILES string of the molecule is [C-]#[N+]/C(C#N)=C(\NCCCN1CCCCC1)N1CCC(N2CCCCC2)CC1. The van der Waals surface area contributed by atoms with Crippen LogP contribution in [-0.4, -0.2) is 73.1 Å². The summed E-state index contributed by atoms with van der Waals surface area (Å²) in [5.41, 5.74) is 0.217. The lowest BCUT2D eigenvalue weighted by molar-refractivity contribution is 0.102. The summed E-state index contributed by atoms with van der Waals surface area (Å²) in [7, 11) is 0. The lowest BCUT2D eigenvalue weighted by atomic mass is 10.00. The molecule has 0 bridgehead atoms. The minimum absolute atomic E-state index is 0.217. The molecule has 0 aromatic heterocycles. The highest BCUT2D eigenvalue weighted by atomic mass is 15.3. The zero-order valence-corrected chi connectivity index (χ0v) is 17.3. The number of rotatable bonds is 7. The standard InChI is InChI=1S/C22H36N6/c1-24-21(19-23)22(25-11-8-14-26-12-4-2-5-13-26)28-17-9-20(10-18-28)27-15-6-3-7-16-27/h20,25H,2-18H2/b22-21+. The molecule has 0 aliphatic carbocycles. The van der Waals surface area contributed by atoms with E-state index in [4.69, 9.17) is 6.57 Å². The maximum atomic E-state index is 9.44. The van der Waals surface area contributed by atoms with E-state index in [1.54, 1.807) is 0 Å². The van der Waals surface area contributed by atoms with Gasteiger partial charge in [-0.1, -0.05) is 12.8 Å². The van der Waals surface area contributed by atoms with Crippen LogP contribution in [0.2, 0.25) is 0 Å². The predicted octanol–water partition coefficient (Wildman–Crippen LogP) is 3.01. The van der Waals surface area contributed by atoms with Crippen LogP contribution in [0.4, 0.5) is 0 Å². The number of hydrogen-bond acceptors (Lipinski definition) is 5. The van der Waals surface area contributed by atoms with E-state index in [-0.39, 0.29) is 5.70 Å². The Morgan fingerprint density at radius 1 is 0.964 bits per heavy atom. The quantitative estimate of drug-likeness (QED) is 0.415. The first-order valence-corrected chi connectivity index (χ1v) is 11.3. The van der Waals surface area contributed by atoms with Gasteiger partial charge in [0, 0.05) is 25.7 Å². The summed E-state index contributed by atoms with van der Waals surface area (Å²) in [5, 5.41) is 12.9. The van der Waals surface area contributed by atoms with Crippen molar-refractivity contribution in [3.05, 3.63) is 22.9 Å². The highest BCUT2D eigenvalue weighted by Crippen LogP contribution is 2.23. The first-order chi connectivity index (χ1) is 13.8. The molecule has 0 aromatic carbocycles. The lowest BCUT2D eigenvalue weighted by Gasteiger charge is -2.41. The number of piperidine rings is 3. The number of hydrogen-bond donors (Lipinski definition) is 1. The van der Waals surface area contributed by atoms with Gasteiger partial charge >= 0.3 is 0 Å². The molecular formula is C22H36N6. The van der Waals surface area contributed by atoms with E-state index in [1.165, 1.54) is 64.7 Å². The molecule has 28 heavy (non-hydrogen) atoms. The zero-order chi connectivity index (χ0) is 19.6. The zero-order valence-electron chi connectivity index (χ0n) is 17.3. The molecule has 3 rings (SSSR count). The number of nitrogens with zero attached hydrogens (tertiary/aromatic N) is 5. The first kappa shape index (κ1) is 21.0. The fourth-order valence-corrected chi connectivity index (χ4v) is 4.91. The minimum atomic E-state index is 0.217. The highest BCUT2D eigenvalue weighted by molar-refractivity contribution is 5.32. The van der Waals surface area contributed by atoms with Crippen LogP contribution in [0.1, 0.15) is 57.8 Å². The molecule has 0 aromatic rings. The Labute approximate surface area is 171 Å². The van der Waals surface area contributed by atoms with Gasteiger partial charge in [0.15, 0.2) is 0 Å². The molecule has 0 amide bonds. The van der Waals surface area contributed by atoms with Crippen molar-refractivity contribution in [2.45, 2.75) is 63.8 Å². The Balaban J connectivity index is 1.49. The van der Waals surface area contributed by atoms with Gasteiger partial charge in [-0.05, 0) is 77.7 Å². The van der Waals surface area contributed by atoms with Gasteiger partial charge in [0.2, 0.25) is 0 Å². The Hall–Kier alpha value is -1.76. The van der Waals surface area contributed by atoms with Crippen LogP contribution in [0, 0.1) is 17.9 Å². The van der Waals surface area contributed by atoms with Crippen LogP contribution in [0.5, 0.6) is 0 Å². The van der Waals surface area contributed by atoms with Gasteiger partial charge in [0.25, 0.3) is 5.70 Å². The fraction of sp³-hybridized carbons (Fsp3) is 0.818. The van der Waals surface area contributed by atoms with Crippen molar-refractivity contribution in [1.82, 2.24) is 20.0 Å². The Morgan fingerprint density at radius 3 is 2.21 bits per heavy atom. The Kier molecular flexibility index (Phi) is 8.45. The predicted molar refractivity (Wildman–Crippen MR) is 112 cm³/mol. The van der Waals surface area contributed by atoms with E-state index in [9.17, 15) is 5.26 Å². The van der Waals surface area contributed by atoms with E-state index >= 15 is 0 Å². The molecule has 3 aliphatic rings. The molecule has 6 heteroatoms. The van der Waals surface area contributed by atoms with E-state index in [2.05, 4.69) is 30.9 Å². The van der Waals surface area contributed by atoms with Crippen molar-refractivity contribution in [1.29, 1.82) is 5.26 Å². The van der Waals surface area contributed by atoms with Crippen LogP contribution >= 0.6 is 0 Å². The topological polar surface area (TPSA) is 49.9 Å². The van der Waals surface area contributed by atoms with Crippen molar-refractivity contribution in [2.24, 2.45) is 0 Å². The van der Waals surface area contributed by atoms with Crippen LogP contribution in [0.3, 0.4) is 0 Å². The average molecular weight is 385 g/mol. The molecule has 1 N–H and O–H groups in total. The van der Waals surface area contributed by atoms with Crippen molar-refractivity contribution in [3.63, 3.8) is 0 Å². The van der Waals surface area contributed by atoms with Gasteiger partial charge in [-0.3, -0.25) is 0 Å². The molecule has 0 unspecified atom stereocenters. The molecule has 0 atom stereocenters. The molecular weight excluding hydrogens is 348 g/mol. The van der Waals surface area contributed by atoms with Gasteiger partial charge in [0.05, 0.1) is 12.6 Å². The monoisotopic (exact) mass is 384 g/mol. The summed E-state index contributed by atoms with van der Waals surface area (Å²) in [6, 6.07) is 2.79. The second-order valence-electron chi connectivity index (χ2n) is 8.42. The minimum Gasteiger partial charge on any atom is -0.380 e. The Morgan fingerprint density at radius 2 is 1.61 bits per heavy atom. The molecule has 3 heterocycles. The summed E-state index contributed by atoms with van der Waals surface area (Å²) in [5.74, 6) is 0.772. The molecule has 3 aliphatic heterocycles. The fourth-order valence-electron chi connectivity index (χ4n) is 4.91. The maximum Gasteiger partial charge on any atom is 0.300 e. The number of nitrogens with one attached hydrogen (secondary N) is 1. The van der Waals surface area contributed by atoms with Crippen LogP contribution in [0.15, 0.2) is 11.5 Å². The first-order valence-electron chi connectivity index (χ1n) is 11.3. The summed E-state index contributed by atoms with van der Waals surface area (Å²) >= 11 is 0. The van der Waals surface area contributed by atoms with Gasteiger partial charge in [-0.25, -0.2) is 10.1 Å². The summed E-state index contributed by atoms with van der Waals surface area (Å²) in [6.07, 6.45) is 11.4. The normalized spacial score (nSPS) is 23.6. The van der Waals surface area contributed by atoms with Crippen LogP contribution in [0.25, 0.3) is 4.85 Å². The summed E-state index contributed by atoms with van der Waals surface area (Å²) in [6.45, 7) is 16.2. The van der Waals surface area contributed by atoms with Crippen molar-refractivity contribution >= 4 is 0 Å². The molecule has 154 valence electrons. The van der Waals surface area contributed by atoms with E-state index in [0.717, 1.165) is 51.3 Å². The van der Waals surface area contributed by atoms with Gasteiger partial charge in [-0.15, -0.1) is 0 Å². The smallest absolute Gasteiger partial charge is 0.300 e. The molecule has 0 spiro atoms. The summed E-state index contributed by atoms with van der Waals surface area (Å²) < 4.78 is 0.